The summed E-state index contributed by atoms with van der Waals surface area (Å²) in [5.74, 6) is 0.414. The Morgan fingerprint density at radius 3 is 2.61 bits per heavy atom. The Bertz CT molecular complexity index is 1000. The number of hydrogen-bond donors (Lipinski definition) is 0. The highest BCUT2D eigenvalue weighted by Crippen LogP contribution is 2.31. The number of thioether (sulfide) groups is 1. The van der Waals surface area contributed by atoms with Crippen LogP contribution >= 0.6 is 11.8 Å². The van der Waals surface area contributed by atoms with Crippen molar-refractivity contribution < 1.29 is 13.2 Å². The molecule has 1 amide bonds. The molecule has 28 heavy (non-hydrogen) atoms. The zero-order chi connectivity index (χ0) is 20.5. The molecule has 0 saturated carbocycles. The first-order chi connectivity index (χ1) is 13.2. The van der Waals surface area contributed by atoms with Gasteiger partial charge in [0.2, 0.25) is 15.9 Å². The second kappa shape index (κ2) is 8.27. The van der Waals surface area contributed by atoms with Crippen molar-refractivity contribution in [3.05, 3.63) is 53.1 Å². The number of aryl methyl sites for hydroxylation is 3. The zero-order valence-electron chi connectivity index (χ0n) is 16.7. The van der Waals surface area contributed by atoms with Crippen LogP contribution in [0.5, 0.6) is 0 Å². The highest BCUT2D eigenvalue weighted by molar-refractivity contribution is 8.00. The third-order valence-electron chi connectivity index (χ3n) is 4.94. The van der Waals surface area contributed by atoms with E-state index in [0.717, 1.165) is 29.0 Å². The van der Waals surface area contributed by atoms with Crippen molar-refractivity contribution in [1.29, 1.82) is 0 Å². The third-order valence-corrected chi connectivity index (χ3v) is 7.90. The summed E-state index contributed by atoms with van der Waals surface area (Å²) >= 11 is 1.56. The van der Waals surface area contributed by atoms with Gasteiger partial charge in [-0.15, -0.1) is 11.8 Å². The summed E-state index contributed by atoms with van der Waals surface area (Å²) in [4.78, 5) is 16.1. The number of anilines is 1. The van der Waals surface area contributed by atoms with E-state index in [4.69, 9.17) is 0 Å². The lowest BCUT2D eigenvalue weighted by Crippen LogP contribution is -2.36. The Labute approximate surface area is 171 Å². The Balaban J connectivity index is 1.80. The van der Waals surface area contributed by atoms with Crippen LogP contribution in [0.25, 0.3) is 0 Å². The average molecular weight is 419 g/mol. The fraction of sp³-hybridized carbons (Fsp3) is 0.381. The van der Waals surface area contributed by atoms with Gasteiger partial charge in [-0.3, -0.25) is 4.79 Å². The van der Waals surface area contributed by atoms with Gasteiger partial charge >= 0.3 is 0 Å². The molecule has 0 saturated heterocycles. The zero-order valence-corrected chi connectivity index (χ0v) is 18.4. The number of hydrogen-bond acceptors (Lipinski definition) is 4. The Hall–Kier alpha value is -1.83. The van der Waals surface area contributed by atoms with Crippen LogP contribution in [-0.4, -0.2) is 45.0 Å². The first kappa shape index (κ1) is 20.9. The van der Waals surface area contributed by atoms with Crippen molar-refractivity contribution in [2.45, 2.75) is 36.5 Å². The van der Waals surface area contributed by atoms with Crippen LogP contribution < -0.4 is 4.90 Å². The van der Waals surface area contributed by atoms with Gasteiger partial charge in [0.05, 0.1) is 10.6 Å². The standard InChI is InChI=1S/C21H26N2O3S2/c1-15-7-8-16(2)20(12-15)27-14-21(24)23-11-5-6-17-13-18(9-10-19(17)23)28(25,26)22(3)4/h7-10,12-13H,5-6,11,14H2,1-4H3. The molecule has 0 fully saturated rings. The molecule has 0 N–H and O–H groups in total. The van der Waals surface area contributed by atoms with Gasteiger partial charge in [-0.05, 0) is 62.1 Å². The minimum absolute atomic E-state index is 0.0510. The number of fused-ring (bicyclic) bond motifs is 1. The predicted molar refractivity (Wildman–Crippen MR) is 115 cm³/mol. The number of sulfonamides is 1. The molecule has 1 aliphatic rings. The second-order valence-corrected chi connectivity index (χ2v) is 10.5. The van der Waals surface area contributed by atoms with Crippen molar-refractivity contribution in [1.82, 2.24) is 4.31 Å². The van der Waals surface area contributed by atoms with Crippen molar-refractivity contribution in [3.63, 3.8) is 0 Å². The van der Waals surface area contributed by atoms with E-state index in [1.54, 1.807) is 34.9 Å². The summed E-state index contributed by atoms with van der Waals surface area (Å²) in [6, 6.07) is 11.3. The molecule has 0 aliphatic carbocycles. The normalized spacial score (nSPS) is 14.2. The van der Waals surface area contributed by atoms with E-state index in [2.05, 4.69) is 25.1 Å². The molecule has 5 nitrogen and oxygen atoms in total. The molecule has 7 heteroatoms. The summed E-state index contributed by atoms with van der Waals surface area (Å²) in [7, 11) is -0.432. The first-order valence-electron chi connectivity index (χ1n) is 9.26. The molecule has 0 atom stereocenters. The summed E-state index contributed by atoms with van der Waals surface area (Å²) in [6.45, 7) is 4.76. The van der Waals surface area contributed by atoms with Crippen LogP contribution in [0.2, 0.25) is 0 Å². The van der Waals surface area contributed by atoms with Crippen molar-refractivity contribution in [3.8, 4) is 0 Å². The number of nitrogens with zero attached hydrogens (tertiary/aromatic N) is 2. The van der Waals surface area contributed by atoms with Crippen LogP contribution in [0, 0.1) is 13.8 Å². The van der Waals surface area contributed by atoms with Gasteiger partial charge < -0.3 is 4.90 Å². The maximum Gasteiger partial charge on any atom is 0.242 e. The summed E-state index contributed by atoms with van der Waals surface area (Å²) < 4.78 is 26.0. The van der Waals surface area contributed by atoms with Gasteiger partial charge in [-0.2, -0.15) is 0 Å². The van der Waals surface area contributed by atoms with Gasteiger partial charge in [0.25, 0.3) is 0 Å². The lowest BCUT2D eigenvalue weighted by atomic mass is 10.0. The highest BCUT2D eigenvalue weighted by atomic mass is 32.2. The number of carbonyl (C=O) groups excluding carboxylic acids is 1. The molecule has 2 aromatic rings. The van der Waals surface area contributed by atoms with E-state index in [9.17, 15) is 13.2 Å². The largest absolute Gasteiger partial charge is 0.311 e. The average Bonchev–Trinajstić information content (AvgIpc) is 2.67. The monoisotopic (exact) mass is 418 g/mol. The molecule has 0 spiro atoms. The summed E-state index contributed by atoms with van der Waals surface area (Å²) in [5.41, 5.74) is 4.09. The lowest BCUT2D eigenvalue weighted by molar-refractivity contribution is -0.116. The molecule has 0 unspecified atom stereocenters. The smallest absolute Gasteiger partial charge is 0.242 e. The molecule has 0 bridgehead atoms. The summed E-state index contributed by atoms with van der Waals surface area (Å²) in [5, 5.41) is 0. The number of amides is 1. The van der Waals surface area contributed by atoms with Gasteiger partial charge in [0, 0.05) is 31.2 Å². The SMILES string of the molecule is Cc1ccc(C)c(SCC(=O)N2CCCc3cc(S(=O)(=O)N(C)C)ccc32)c1. The molecule has 0 radical (unpaired) electrons. The number of benzene rings is 2. The van der Waals surface area contributed by atoms with E-state index >= 15 is 0 Å². The first-order valence-corrected chi connectivity index (χ1v) is 11.7. The minimum atomic E-state index is -3.48. The van der Waals surface area contributed by atoms with Crippen LogP contribution in [0.15, 0.2) is 46.2 Å². The Morgan fingerprint density at radius 1 is 1.14 bits per heavy atom. The van der Waals surface area contributed by atoms with E-state index < -0.39 is 10.0 Å². The van der Waals surface area contributed by atoms with Gasteiger partial charge in [-0.25, -0.2) is 12.7 Å². The maximum atomic E-state index is 12.9. The lowest BCUT2D eigenvalue weighted by Gasteiger charge is -2.30. The van der Waals surface area contributed by atoms with Crippen molar-refractivity contribution >= 4 is 33.4 Å². The molecule has 0 aromatic heterocycles. The van der Waals surface area contributed by atoms with E-state index in [1.807, 2.05) is 6.92 Å². The highest BCUT2D eigenvalue weighted by Gasteiger charge is 2.25. The molecule has 3 rings (SSSR count). The Kier molecular flexibility index (Phi) is 6.17. The quantitative estimate of drug-likeness (QED) is 0.696. The summed E-state index contributed by atoms with van der Waals surface area (Å²) in [6.07, 6.45) is 1.61. The van der Waals surface area contributed by atoms with Crippen LogP contribution in [-0.2, 0) is 21.2 Å². The molecule has 2 aromatic carbocycles. The molecule has 150 valence electrons. The fourth-order valence-electron chi connectivity index (χ4n) is 3.28. The fourth-order valence-corrected chi connectivity index (χ4v) is 5.24. The van der Waals surface area contributed by atoms with Gasteiger partial charge in [-0.1, -0.05) is 17.7 Å². The van der Waals surface area contributed by atoms with E-state index in [0.29, 0.717) is 12.3 Å². The second-order valence-electron chi connectivity index (χ2n) is 7.28. The van der Waals surface area contributed by atoms with Gasteiger partial charge in [0.15, 0.2) is 0 Å². The van der Waals surface area contributed by atoms with Crippen LogP contribution in [0.1, 0.15) is 23.1 Å². The van der Waals surface area contributed by atoms with Crippen molar-refractivity contribution in [2.75, 3.05) is 31.3 Å². The van der Waals surface area contributed by atoms with Gasteiger partial charge in [0.1, 0.15) is 0 Å². The molecule has 1 heterocycles. The third kappa shape index (κ3) is 4.26. The maximum absolute atomic E-state index is 12.9. The van der Waals surface area contributed by atoms with E-state index in [-0.39, 0.29) is 10.8 Å². The molecule has 1 aliphatic heterocycles. The predicted octanol–water partition coefficient (Wildman–Crippen LogP) is 3.63. The van der Waals surface area contributed by atoms with Crippen molar-refractivity contribution in [2.24, 2.45) is 0 Å². The van der Waals surface area contributed by atoms with Crippen LogP contribution in [0.4, 0.5) is 5.69 Å². The minimum Gasteiger partial charge on any atom is -0.311 e. The number of rotatable bonds is 5. The molecular formula is C21H26N2O3S2. The molecular weight excluding hydrogens is 392 g/mol. The topological polar surface area (TPSA) is 57.7 Å². The number of carbonyl (C=O) groups is 1. The Morgan fingerprint density at radius 2 is 1.89 bits per heavy atom. The van der Waals surface area contributed by atoms with Crippen LogP contribution in [0.3, 0.4) is 0 Å². The van der Waals surface area contributed by atoms with E-state index in [1.165, 1.54) is 29.5 Å².